The van der Waals surface area contributed by atoms with Gasteiger partial charge in [-0.05, 0) is 38.0 Å². The molecule has 1 aromatic carbocycles. The predicted molar refractivity (Wildman–Crippen MR) is 93.7 cm³/mol. The van der Waals surface area contributed by atoms with E-state index in [1.165, 1.54) is 13.0 Å². The third-order valence-electron chi connectivity index (χ3n) is 3.89. The normalized spacial score (nSPS) is 11.0. The highest BCUT2D eigenvalue weighted by atomic mass is 16.3. The minimum atomic E-state index is -0.515. The quantitative estimate of drug-likeness (QED) is 0.802. The molecule has 0 aliphatic rings. The van der Waals surface area contributed by atoms with Gasteiger partial charge >= 0.3 is 0 Å². The second-order valence-corrected chi connectivity index (χ2v) is 5.79. The van der Waals surface area contributed by atoms with Gasteiger partial charge in [-0.25, -0.2) is 0 Å². The second-order valence-electron chi connectivity index (χ2n) is 5.79. The molecule has 2 N–H and O–H groups in total. The number of aryl methyl sites for hydroxylation is 1. The van der Waals surface area contributed by atoms with Crippen LogP contribution in [0.4, 0.5) is 11.4 Å². The Balaban J connectivity index is 2.61. The summed E-state index contributed by atoms with van der Waals surface area (Å²) < 4.78 is 1.14. The standard InChI is InChI=1S/C18H20N4O3/c1-4-5-8-22-17(24)13(10-19)12(3)16(18(22)25)21-20-14-9-11(2)6-7-15(14)23/h6-7,9,23-24H,4-5,8H2,1-3H3. The Morgan fingerprint density at radius 3 is 2.60 bits per heavy atom. The number of hydrogen-bond donors (Lipinski definition) is 2. The third-order valence-corrected chi connectivity index (χ3v) is 3.89. The van der Waals surface area contributed by atoms with E-state index in [4.69, 9.17) is 0 Å². The number of pyridine rings is 1. The third kappa shape index (κ3) is 3.69. The van der Waals surface area contributed by atoms with Crippen molar-refractivity contribution in [2.24, 2.45) is 10.2 Å². The fourth-order valence-corrected chi connectivity index (χ4v) is 2.40. The summed E-state index contributed by atoms with van der Waals surface area (Å²) in [5, 5.41) is 37.2. The number of aromatic hydroxyl groups is 2. The molecule has 2 rings (SSSR count). The molecule has 7 heteroatoms. The Morgan fingerprint density at radius 1 is 1.24 bits per heavy atom. The average molecular weight is 340 g/mol. The van der Waals surface area contributed by atoms with Crippen LogP contribution in [0.3, 0.4) is 0 Å². The minimum absolute atomic E-state index is 0.00174. The monoisotopic (exact) mass is 340 g/mol. The van der Waals surface area contributed by atoms with Gasteiger partial charge in [0.05, 0.1) is 0 Å². The number of phenols is 1. The molecule has 1 aromatic heterocycles. The van der Waals surface area contributed by atoms with Crippen molar-refractivity contribution in [3.8, 4) is 17.7 Å². The maximum atomic E-state index is 12.6. The summed E-state index contributed by atoms with van der Waals surface area (Å²) in [5.74, 6) is -0.409. The fraction of sp³-hybridized carbons (Fsp3) is 0.333. The molecular weight excluding hydrogens is 320 g/mol. The first-order valence-corrected chi connectivity index (χ1v) is 7.98. The lowest BCUT2D eigenvalue weighted by atomic mass is 10.1. The first-order chi connectivity index (χ1) is 11.9. The predicted octanol–water partition coefficient (Wildman–Crippen LogP) is 3.96. The van der Waals surface area contributed by atoms with E-state index in [9.17, 15) is 20.3 Å². The molecule has 25 heavy (non-hydrogen) atoms. The van der Waals surface area contributed by atoms with Crippen LogP contribution in [-0.4, -0.2) is 14.8 Å². The number of azo groups is 1. The van der Waals surface area contributed by atoms with Crippen LogP contribution in [-0.2, 0) is 6.54 Å². The lowest BCUT2D eigenvalue weighted by Crippen LogP contribution is -2.22. The highest BCUT2D eigenvalue weighted by molar-refractivity contribution is 5.57. The van der Waals surface area contributed by atoms with E-state index in [1.54, 1.807) is 12.1 Å². The van der Waals surface area contributed by atoms with Crippen LogP contribution >= 0.6 is 0 Å². The minimum Gasteiger partial charge on any atom is -0.506 e. The van der Waals surface area contributed by atoms with Crippen molar-refractivity contribution in [1.82, 2.24) is 4.57 Å². The summed E-state index contributed by atoms with van der Waals surface area (Å²) in [5.41, 5.74) is 0.828. The molecule has 0 fully saturated rings. The van der Waals surface area contributed by atoms with Crippen LogP contribution in [0.2, 0.25) is 0 Å². The summed E-state index contributed by atoms with van der Waals surface area (Å²) in [7, 11) is 0. The van der Waals surface area contributed by atoms with Gasteiger partial charge in [0.2, 0.25) is 5.88 Å². The molecule has 0 aliphatic carbocycles. The van der Waals surface area contributed by atoms with Crippen molar-refractivity contribution in [1.29, 1.82) is 5.26 Å². The van der Waals surface area contributed by atoms with Gasteiger partial charge in [0.25, 0.3) is 5.56 Å². The van der Waals surface area contributed by atoms with E-state index in [1.807, 2.05) is 19.9 Å². The zero-order chi connectivity index (χ0) is 18.6. The van der Waals surface area contributed by atoms with Gasteiger partial charge in [-0.1, -0.05) is 19.4 Å². The molecule has 0 saturated carbocycles. The Morgan fingerprint density at radius 2 is 1.96 bits per heavy atom. The number of nitrogens with zero attached hydrogens (tertiary/aromatic N) is 4. The van der Waals surface area contributed by atoms with E-state index >= 15 is 0 Å². The SMILES string of the molecule is CCCCn1c(O)c(C#N)c(C)c(N=Nc2cc(C)ccc2O)c1=O. The van der Waals surface area contributed by atoms with Gasteiger partial charge in [-0.2, -0.15) is 5.26 Å². The van der Waals surface area contributed by atoms with Gasteiger partial charge in [-0.15, -0.1) is 10.2 Å². The zero-order valence-electron chi connectivity index (χ0n) is 14.4. The smallest absolute Gasteiger partial charge is 0.281 e. The van der Waals surface area contributed by atoms with Gasteiger partial charge in [0.15, 0.2) is 5.69 Å². The number of unbranched alkanes of at least 4 members (excludes halogenated alkanes) is 1. The van der Waals surface area contributed by atoms with Crippen molar-refractivity contribution in [2.45, 2.75) is 40.2 Å². The number of phenolic OH excluding ortho intramolecular Hbond substituents is 1. The van der Waals surface area contributed by atoms with E-state index < -0.39 is 5.56 Å². The first kappa shape index (κ1) is 18.2. The Bertz CT molecular complexity index is 923. The molecule has 2 aromatic rings. The van der Waals surface area contributed by atoms with E-state index in [0.29, 0.717) is 6.42 Å². The average Bonchev–Trinajstić information content (AvgIpc) is 2.58. The highest BCUT2D eigenvalue weighted by Crippen LogP contribution is 2.30. The van der Waals surface area contributed by atoms with Crippen molar-refractivity contribution < 1.29 is 10.2 Å². The second kappa shape index (κ2) is 7.62. The summed E-state index contributed by atoms with van der Waals surface area (Å²) in [6.07, 6.45) is 1.51. The number of aromatic nitrogens is 1. The number of nitriles is 1. The van der Waals surface area contributed by atoms with E-state index in [2.05, 4.69) is 10.2 Å². The molecule has 130 valence electrons. The molecule has 0 amide bonds. The van der Waals surface area contributed by atoms with Crippen LogP contribution in [0.25, 0.3) is 0 Å². The zero-order valence-corrected chi connectivity index (χ0v) is 14.4. The molecule has 7 nitrogen and oxygen atoms in total. The lowest BCUT2D eigenvalue weighted by Gasteiger charge is -2.12. The topological polar surface area (TPSA) is 111 Å². The van der Waals surface area contributed by atoms with Crippen LogP contribution < -0.4 is 5.56 Å². The van der Waals surface area contributed by atoms with Crippen molar-refractivity contribution >= 4 is 11.4 Å². The highest BCUT2D eigenvalue weighted by Gasteiger charge is 2.19. The number of benzene rings is 1. The van der Waals surface area contributed by atoms with Crippen LogP contribution in [0.5, 0.6) is 11.6 Å². The van der Waals surface area contributed by atoms with Crippen molar-refractivity contribution in [3.05, 3.63) is 45.2 Å². The van der Waals surface area contributed by atoms with Gasteiger partial charge in [-0.3, -0.25) is 9.36 Å². The van der Waals surface area contributed by atoms with Crippen LogP contribution in [0, 0.1) is 25.2 Å². The molecular formula is C18H20N4O3. The van der Waals surface area contributed by atoms with Crippen LogP contribution in [0.1, 0.15) is 36.5 Å². The summed E-state index contributed by atoms with van der Waals surface area (Å²) in [6, 6.07) is 6.76. The van der Waals surface area contributed by atoms with Gasteiger partial charge < -0.3 is 10.2 Å². The van der Waals surface area contributed by atoms with E-state index in [-0.39, 0.29) is 40.7 Å². The molecule has 0 spiro atoms. The largest absolute Gasteiger partial charge is 0.506 e. The van der Waals surface area contributed by atoms with E-state index in [0.717, 1.165) is 16.6 Å². The Hall–Kier alpha value is -3.14. The molecule has 0 bridgehead atoms. The molecule has 1 heterocycles. The number of rotatable bonds is 5. The van der Waals surface area contributed by atoms with Crippen molar-refractivity contribution in [3.63, 3.8) is 0 Å². The molecule has 0 aliphatic heterocycles. The molecule has 0 atom stereocenters. The van der Waals surface area contributed by atoms with Crippen molar-refractivity contribution in [2.75, 3.05) is 0 Å². The lowest BCUT2D eigenvalue weighted by molar-refractivity contribution is 0.399. The molecule has 0 saturated heterocycles. The fourth-order valence-electron chi connectivity index (χ4n) is 2.40. The Kier molecular flexibility index (Phi) is 5.55. The first-order valence-electron chi connectivity index (χ1n) is 7.98. The number of hydrogen-bond acceptors (Lipinski definition) is 6. The summed E-state index contributed by atoms with van der Waals surface area (Å²) in [4.78, 5) is 12.6. The summed E-state index contributed by atoms with van der Waals surface area (Å²) >= 11 is 0. The van der Waals surface area contributed by atoms with Gasteiger partial charge in [0.1, 0.15) is 23.1 Å². The molecule has 0 radical (unpaired) electrons. The van der Waals surface area contributed by atoms with Crippen LogP contribution in [0.15, 0.2) is 33.2 Å². The maximum absolute atomic E-state index is 12.6. The Labute approximate surface area is 145 Å². The maximum Gasteiger partial charge on any atom is 0.281 e. The summed E-state index contributed by atoms with van der Waals surface area (Å²) in [6.45, 7) is 5.63. The van der Waals surface area contributed by atoms with Gasteiger partial charge in [0, 0.05) is 12.1 Å². The molecule has 0 unspecified atom stereocenters.